The summed E-state index contributed by atoms with van der Waals surface area (Å²) in [5.41, 5.74) is 0. The largest absolute Gasteiger partial charge is 0.454 e. The van der Waals surface area contributed by atoms with Crippen molar-refractivity contribution in [3.8, 4) is 23.0 Å². The molecule has 1 heterocycles. The Kier molecular flexibility index (Phi) is 2.51. The summed E-state index contributed by atoms with van der Waals surface area (Å²) in [7, 11) is 0. The number of rotatable bonds is 2. The molecule has 1 aliphatic rings. The first-order valence-electron chi connectivity index (χ1n) is 5.25. The average Bonchev–Trinajstić information content (AvgIpc) is 2.81. The van der Waals surface area contributed by atoms with Gasteiger partial charge in [0.2, 0.25) is 6.79 Å². The van der Waals surface area contributed by atoms with Gasteiger partial charge in [0.25, 0.3) is 0 Å². The predicted molar refractivity (Wildman–Crippen MR) is 59.0 cm³/mol. The van der Waals surface area contributed by atoms with Crippen molar-refractivity contribution >= 4 is 0 Å². The Morgan fingerprint density at radius 2 is 1.67 bits per heavy atom. The van der Waals surface area contributed by atoms with Crippen LogP contribution in [-0.4, -0.2) is 6.79 Å². The summed E-state index contributed by atoms with van der Waals surface area (Å²) in [5, 5.41) is 0. The smallest absolute Gasteiger partial charge is 0.231 e. The third-order valence-corrected chi connectivity index (χ3v) is 2.48. The summed E-state index contributed by atoms with van der Waals surface area (Å²) < 4.78 is 42.2. The van der Waals surface area contributed by atoms with Crippen molar-refractivity contribution in [1.82, 2.24) is 0 Å². The van der Waals surface area contributed by atoms with Gasteiger partial charge in [0.15, 0.2) is 28.9 Å². The minimum atomic E-state index is -0.757. The van der Waals surface area contributed by atoms with Gasteiger partial charge in [-0.3, -0.25) is 0 Å². The Hall–Kier alpha value is -2.30. The van der Waals surface area contributed by atoms with Crippen molar-refractivity contribution in [2.45, 2.75) is 0 Å². The molecule has 0 unspecified atom stereocenters. The minimum Gasteiger partial charge on any atom is -0.454 e. The van der Waals surface area contributed by atoms with Gasteiger partial charge in [0, 0.05) is 6.07 Å². The predicted octanol–water partition coefficient (Wildman–Crippen LogP) is 3.49. The van der Waals surface area contributed by atoms with E-state index in [1.807, 2.05) is 0 Å². The fourth-order valence-corrected chi connectivity index (χ4v) is 1.64. The van der Waals surface area contributed by atoms with Crippen LogP contribution in [0.2, 0.25) is 0 Å². The Bertz CT molecular complexity index is 579. The number of benzene rings is 2. The van der Waals surface area contributed by atoms with Crippen LogP contribution in [0.5, 0.6) is 23.0 Å². The molecule has 0 fully saturated rings. The van der Waals surface area contributed by atoms with Gasteiger partial charge < -0.3 is 14.2 Å². The second-order valence-electron chi connectivity index (χ2n) is 3.67. The third-order valence-electron chi connectivity index (χ3n) is 2.48. The van der Waals surface area contributed by atoms with E-state index in [0.717, 1.165) is 12.1 Å². The standard InChI is InChI=1S/C13H8F2O3/c14-9-2-1-3-10(15)13(9)18-8-4-5-11-12(6-8)17-7-16-11/h1-6H,7H2. The van der Waals surface area contributed by atoms with Crippen LogP contribution in [0, 0.1) is 11.6 Å². The SMILES string of the molecule is Fc1cccc(F)c1Oc1ccc2c(c1)OCO2. The molecule has 0 N–H and O–H groups in total. The maximum absolute atomic E-state index is 13.4. The van der Waals surface area contributed by atoms with Crippen molar-refractivity contribution in [1.29, 1.82) is 0 Å². The minimum absolute atomic E-state index is 0.132. The molecule has 2 aromatic carbocycles. The molecule has 0 amide bonds. The van der Waals surface area contributed by atoms with Gasteiger partial charge in [-0.05, 0) is 24.3 Å². The lowest BCUT2D eigenvalue weighted by molar-refractivity contribution is 0.174. The molecule has 18 heavy (non-hydrogen) atoms. The number of hydrogen-bond donors (Lipinski definition) is 0. The van der Waals surface area contributed by atoms with E-state index in [-0.39, 0.29) is 12.5 Å². The Morgan fingerprint density at radius 1 is 0.944 bits per heavy atom. The van der Waals surface area contributed by atoms with Gasteiger partial charge in [-0.1, -0.05) is 6.07 Å². The first kappa shape index (κ1) is 10.8. The fraction of sp³-hybridized carbons (Fsp3) is 0.0769. The van der Waals surface area contributed by atoms with Crippen molar-refractivity contribution in [3.63, 3.8) is 0 Å². The lowest BCUT2D eigenvalue weighted by atomic mass is 10.3. The molecule has 1 aliphatic heterocycles. The molecule has 2 aromatic rings. The topological polar surface area (TPSA) is 27.7 Å². The zero-order valence-corrected chi connectivity index (χ0v) is 9.15. The average molecular weight is 250 g/mol. The maximum atomic E-state index is 13.4. The van der Waals surface area contributed by atoms with E-state index >= 15 is 0 Å². The Balaban J connectivity index is 1.93. The number of hydrogen-bond acceptors (Lipinski definition) is 3. The number of ether oxygens (including phenoxy) is 3. The molecule has 0 saturated heterocycles. The Morgan fingerprint density at radius 3 is 2.44 bits per heavy atom. The second kappa shape index (κ2) is 4.18. The van der Waals surface area contributed by atoms with Gasteiger partial charge in [-0.15, -0.1) is 0 Å². The highest BCUT2D eigenvalue weighted by Gasteiger charge is 2.16. The molecule has 0 atom stereocenters. The highest BCUT2D eigenvalue weighted by molar-refractivity contribution is 5.48. The van der Waals surface area contributed by atoms with Crippen LogP contribution in [0.25, 0.3) is 0 Å². The summed E-state index contributed by atoms with van der Waals surface area (Å²) in [4.78, 5) is 0. The van der Waals surface area contributed by atoms with Crippen LogP contribution < -0.4 is 14.2 Å². The molecule has 0 radical (unpaired) electrons. The summed E-state index contributed by atoms with van der Waals surface area (Å²) in [6.45, 7) is 0.132. The first-order chi connectivity index (χ1) is 8.74. The number of fused-ring (bicyclic) bond motifs is 1. The van der Waals surface area contributed by atoms with Crippen LogP contribution in [-0.2, 0) is 0 Å². The zero-order chi connectivity index (χ0) is 12.5. The summed E-state index contributed by atoms with van der Waals surface area (Å²) in [6.07, 6.45) is 0. The van der Waals surface area contributed by atoms with Crippen LogP contribution in [0.3, 0.4) is 0 Å². The summed E-state index contributed by atoms with van der Waals surface area (Å²) in [5.74, 6) is -0.597. The van der Waals surface area contributed by atoms with E-state index in [4.69, 9.17) is 14.2 Å². The lowest BCUT2D eigenvalue weighted by Gasteiger charge is -2.08. The van der Waals surface area contributed by atoms with E-state index in [9.17, 15) is 8.78 Å². The van der Waals surface area contributed by atoms with E-state index in [1.54, 1.807) is 12.1 Å². The van der Waals surface area contributed by atoms with Crippen molar-refractivity contribution < 1.29 is 23.0 Å². The molecule has 5 heteroatoms. The molecule has 3 nitrogen and oxygen atoms in total. The van der Waals surface area contributed by atoms with Gasteiger partial charge in [0.05, 0.1) is 0 Å². The molecule has 3 rings (SSSR count). The third kappa shape index (κ3) is 1.84. The first-order valence-corrected chi connectivity index (χ1v) is 5.25. The van der Waals surface area contributed by atoms with Gasteiger partial charge >= 0.3 is 0 Å². The van der Waals surface area contributed by atoms with Crippen molar-refractivity contribution in [2.75, 3.05) is 6.79 Å². The van der Waals surface area contributed by atoms with E-state index in [0.29, 0.717) is 11.5 Å². The summed E-state index contributed by atoms with van der Waals surface area (Å²) in [6, 6.07) is 8.23. The molecule has 0 aliphatic carbocycles. The number of halogens is 2. The molecule has 0 aromatic heterocycles. The van der Waals surface area contributed by atoms with Crippen molar-refractivity contribution in [2.24, 2.45) is 0 Å². The van der Waals surface area contributed by atoms with Gasteiger partial charge in [0.1, 0.15) is 5.75 Å². The van der Waals surface area contributed by atoms with Crippen LogP contribution in [0.15, 0.2) is 36.4 Å². The molecular weight excluding hydrogens is 242 g/mol. The molecular formula is C13H8F2O3. The van der Waals surface area contributed by atoms with Gasteiger partial charge in [-0.2, -0.15) is 0 Å². The molecule has 92 valence electrons. The van der Waals surface area contributed by atoms with Crippen LogP contribution >= 0.6 is 0 Å². The summed E-state index contributed by atoms with van der Waals surface area (Å²) >= 11 is 0. The molecule has 0 saturated carbocycles. The number of para-hydroxylation sites is 1. The second-order valence-corrected chi connectivity index (χ2v) is 3.67. The molecule has 0 bridgehead atoms. The monoisotopic (exact) mass is 250 g/mol. The van der Waals surface area contributed by atoms with E-state index in [1.165, 1.54) is 12.1 Å². The highest BCUT2D eigenvalue weighted by Crippen LogP contribution is 2.37. The highest BCUT2D eigenvalue weighted by atomic mass is 19.1. The van der Waals surface area contributed by atoms with E-state index in [2.05, 4.69) is 0 Å². The van der Waals surface area contributed by atoms with E-state index < -0.39 is 17.4 Å². The van der Waals surface area contributed by atoms with Crippen LogP contribution in [0.1, 0.15) is 0 Å². The quantitative estimate of drug-likeness (QED) is 0.816. The maximum Gasteiger partial charge on any atom is 0.231 e. The Labute approximate surface area is 102 Å². The molecule has 0 spiro atoms. The van der Waals surface area contributed by atoms with Gasteiger partial charge in [-0.25, -0.2) is 8.78 Å². The fourth-order valence-electron chi connectivity index (χ4n) is 1.64. The van der Waals surface area contributed by atoms with Crippen molar-refractivity contribution in [3.05, 3.63) is 48.0 Å². The zero-order valence-electron chi connectivity index (χ0n) is 9.15. The lowest BCUT2D eigenvalue weighted by Crippen LogP contribution is -1.93. The van der Waals surface area contributed by atoms with Crippen LogP contribution in [0.4, 0.5) is 8.78 Å². The normalized spacial score (nSPS) is 12.6.